The standard InChI is InChI=1S/C73H142O17P2/c1-63(2)49-41-33-25-21-17-13-9-11-15-19-23-27-37-45-53-70(75)83-59-69(90-73(78)56-48-40-32-30-36-44-52-66(7)8)62-88-92(81,82)86-58-67(74)57-85-91(79,80)87-61-68(60-84-71(76)54-46-38-31-29-35-43-51-65(5)6)89-72(77)55-47-39-28-24-20-16-12-10-14-18-22-26-34-42-50-64(3)4/h63-69,74H,9-62H2,1-8H3,(H,79,80)(H,81,82)/t67?,68-,69-/m1/s1. The summed E-state index contributed by atoms with van der Waals surface area (Å²) in [6.07, 6.45) is 46.2. The summed E-state index contributed by atoms with van der Waals surface area (Å²) >= 11 is 0. The van der Waals surface area contributed by atoms with E-state index in [1.807, 2.05) is 0 Å². The lowest BCUT2D eigenvalue weighted by molar-refractivity contribution is -0.161. The first kappa shape index (κ1) is 90.1. The minimum Gasteiger partial charge on any atom is -0.462 e. The molecule has 0 amide bonds. The second-order valence-corrected chi connectivity index (χ2v) is 31.1. The van der Waals surface area contributed by atoms with Gasteiger partial charge in [0, 0.05) is 25.7 Å². The van der Waals surface area contributed by atoms with Gasteiger partial charge < -0.3 is 33.8 Å². The zero-order valence-corrected chi connectivity index (χ0v) is 62.0. The first-order chi connectivity index (χ1) is 44.1. The van der Waals surface area contributed by atoms with Crippen LogP contribution in [0.5, 0.6) is 0 Å². The Bertz CT molecular complexity index is 1820. The smallest absolute Gasteiger partial charge is 0.462 e. The largest absolute Gasteiger partial charge is 0.472 e. The SMILES string of the molecule is CC(C)CCCCCCCCCCCCCCCCC(=O)OC[C@H](COP(=O)(O)OCC(O)COP(=O)(O)OC[C@@H](COC(=O)CCCCCCCCC(C)C)OC(=O)CCCCCCCCCCCCCCCCC(C)C)OC(=O)CCCCCCCCC(C)C. The molecule has 0 heterocycles. The monoisotopic (exact) mass is 1350 g/mol. The number of esters is 4. The highest BCUT2D eigenvalue weighted by molar-refractivity contribution is 7.47. The minimum atomic E-state index is -4.95. The van der Waals surface area contributed by atoms with E-state index in [0.717, 1.165) is 108 Å². The van der Waals surface area contributed by atoms with Crippen molar-refractivity contribution in [1.82, 2.24) is 0 Å². The van der Waals surface area contributed by atoms with Crippen LogP contribution in [0.4, 0.5) is 0 Å². The molecule has 0 fully saturated rings. The molecule has 0 rings (SSSR count). The van der Waals surface area contributed by atoms with E-state index in [0.29, 0.717) is 37.5 Å². The average Bonchev–Trinajstić information content (AvgIpc) is 2.37. The maximum atomic E-state index is 13.0. The molecule has 3 unspecified atom stereocenters. The van der Waals surface area contributed by atoms with Gasteiger partial charge in [-0.1, -0.05) is 312 Å². The van der Waals surface area contributed by atoms with Crippen LogP contribution in [0, 0.1) is 23.7 Å². The molecule has 19 heteroatoms. The van der Waals surface area contributed by atoms with Crippen LogP contribution >= 0.6 is 15.6 Å². The Morgan fingerprint density at radius 2 is 0.457 bits per heavy atom. The Kier molecular flexibility index (Phi) is 61.3. The quantitative estimate of drug-likeness (QED) is 0.0222. The Hall–Kier alpha value is -1.94. The number of phosphoric ester groups is 2. The zero-order valence-electron chi connectivity index (χ0n) is 60.2. The van der Waals surface area contributed by atoms with Crippen molar-refractivity contribution in [1.29, 1.82) is 0 Å². The van der Waals surface area contributed by atoms with Crippen LogP contribution in [0.2, 0.25) is 0 Å². The molecule has 92 heavy (non-hydrogen) atoms. The van der Waals surface area contributed by atoms with Gasteiger partial charge in [-0.2, -0.15) is 0 Å². The van der Waals surface area contributed by atoms with Crippen molar-refractivity contribution in [3.05, 3.63) is 0 Å². The molecule has 0 aromatic carbocycles. The molecule has 0 aliphatic rings. The maximum absolute atomic E-state index is 13.0. The molecule has 0 saturated heterocycles. The van der Waals surface area contributed by atoms with Crippen LogP contribution in [0.3, 0.4) is 0 Å². The maximum Gasteiger partial charge on any atom is 0.472 e. The lowest BCUT2D eigenvalue weighted by Crippen LogP contribution is -2.30. The van der Waals surface area contributed by atoms with E-state index in [2.05, 4.69) is 55.4 Å². The number of unbranched alkanes of at least 4 members (excludes halogenated alkanes) is 36. The van der Waals surface area contributed by atoms with Crippen molar-refractivity contribution in [2.45, 2.75) is 382 Å². The van der Waals surface area contributed by atoms with Gasteiger partial charge in [0.15, 0.2) is 12.2 Å². The van der Waals surface area contributed by atoms with Crippen LogP contribution in [-0.4, -0.2) is 96.7 Å². The van der Waals surface area contributed by atoms with Crippen molar-refractivity contribution < 1.29 is 80.2 Å². The molecule has 0 aliphatic carbocycles. The van der Waals surface area contributed by atoms with Crippen LogP contribution < -0.4 is 0 Å². The number of aliphatic hydroxyl groups excluding tert-OH is 1. The molecule has 0 bridgehead atoms. The van der Waals surface area contributed by atoms with E-state index in [1.165, 1.54) is 161 Å². The molecule has 0 aliphatic heterocycles. The fourth-order valence-electron chi connectivity index (χ4n) is 11.0. The third-order valence-electron chi connectivity index (χ3n) is 16.8. The first-order valence-corrected chi connectivity index (χ1v) is 40.7. The summed E-state index contributed by atoms with van der Waals surface area (Å²) in [6.45, 7) is 14.0. The molecule has 3 N–H and O–H groups in total. The number of ether oxygens (including phenoxy) is 4. The first-order valence-electron chi connectivity index (χ1n) is 37.7. The van der Waals surface area contributed by atoms with Gasteiger partial charge in [0.25, 0.3) is 0 Å². The van der Waals surface area contributed by atoms with E-state index in [4.69, 9.17) is 37.0 Å². The highest BCUT2D eigenvalue weighted by atomic mass is 31.2. The van der Waals surface area contributed by atoms with Crippen molar-refractivity contribution in [2.24, 2.45) is 23.7 Å². The van der Waals surface area contributed by atoms with Crippen LogP contribution in [0.1, 0.15) is 364 Å². The molecule has 546 valence electrons. The number of hydrogen-bond acceptors (Lipinski definition) is 15. The van der Waals surface area contributed by atoms with Crippen LogP contribution in [0.15, 0.2) is 0 Å². The van der Waals surface area contributed by atoms with E-state index >= 15 is 0 Å². The molecule has 0 saturated carbocycles. The summed E-state index contributed by atoms with van der Waals surface area (Å²) < 4.78 is 68.3. The van der Waals surface area contributed by atoms with E-state index in [1.54, 1.807) is 0 Å². The second-order valence-electron chi connectivity index (χ2n) is 28.2. The van der Waals surface area contributed by atoms with Crippen molar-refractivity contribution in [3.8, 4) is 0 Å². The third-order valence-corrected chi connectivity index (χ3v) is 18.7. The lowest BCUT2D eigenvalue weighted by Gasteiger charge is -2.21. The van der Waals surface area contributed by atoms with E-state index in [9.17, 15) is 43.2 Å². The molecule has 17 nitrogen and oxygen atoms in total. The van der Waals surface area contributed by atoms with Crippen molar-refractivity contribution in [3.63, 3.8) is 0 Å². The number of carbonyl (C=O) groups excluding carboxylic acids is 4. The third kappa shape index (κ3) is 66.7. The molecule has 0 aromatic heterocycles. The second kappa shape index (κ2) is 62.6. The zero-order chi connectivity index (χ0) is 68.2. The lowest BCUT2D eigenvalue weighted by atomic mass is 10.0. The summed E-state index contributed by atoms with van der Waals surface area (Å²) in [7, 11) is -9.90. The molecule has 5 atom stereocenters. The predicted octanol–water partition coefficient (Wildman–Crippen LogP) is 20.9. The molecule has 0 spiro atoms. The van der Waals surface area contributed by atoms with Crippen molar-refractivity contribution in [2.75, 3.05) is 39.6 Å². The van der Waals surface area contributed by atoms with E-state index < -0.39 is 97.5 Å². The summed E-state index contributed by atoms with van der Waals surface area (Å²) in [5.74, 6) is 0.812. The van der Waals surface area contributed by atoms with Crippen LogP contribution in [0.25, 0.3) is 0 Å². The Balaban J connectivity index is 5.16. The van der Waals surface area contributed by atoms with Gasteiger partial charge in [0.2, 0.25) is 0 Å². The highest BCUT2D eigenvalue weighted by Gasteiger charge is 2.30. The Labute approximate surface area is 562 Å². The normalized spacial score (nSPS) is 14.2. The predicted molar refractivity (Wildman–Crippen MR) is 372 cm³/mol. The number of carbonyl (C=O) groups is 4. The van der Waals surface area contributed by atoms with Crippen LogP contribution in [-0.2, 0) is 65.4 Å². The molecule has 0 aromatic rings. The number of hydrogen-bond donors (Lipinski definition) is 3. The van der Waals surface area contributed by atoms with Gasteiger partial charge in [-0.05, 0) is 49.4 Å². The molecule has 0 radical (unpaired) electrons. The summed E-state index contributed by atoms with van der Waals surface area (Å²) in [5, 5.41) is 10.6. The summed E-state index contributed by atoms with van der Waals surface area (Å²) in [5.41, 5.74) is 0. The number of aliphatic hydroxyl groups is 1. The fourth-order valence-corrected chi connectivity index (χ4v) is 12.6. The average molecular weight is 1350 g/mol. The Morgan fingerprint density at radius 1 is 0.272 bits per heavy atom. The number of phosphoric acid groups is 2. The van der Waals surface area contributed by atoms with Crippen molar-refractivity contribution >= 4 is 39.5 Å². The Morgan fingerprint density at radius 3 is 0.674 bits per heavy atom. The van der Waals surface area contributed by atoms with E-state index in [-0.39, 0.29) is 25.7 Å². The van der Waals surface area contributed by atoms with Gasteiger partial charge in [0.05, 0.1) is 26.4 Å². The molecular formula is C73H142O17P2. The topological polar surface area (TPSA) is 237 Å². The minimum absolute atomic E-state index is 0.102. The summed E-state index contributed by atoms with van der Waals surface area (Å²) in [4.78, 5) is 72.6. The van der Waals surface area contributed by atoms with Gasteiger partial charge >= 0.3 is 39.5 Å². The van der Waals surface area contributed by atoms with Gasteiger partial charge in [-0.15, -0.1) is 0 Å². The van der Waals surface area contributed by atoms with Gasteiger partial charge in [-0.3, -0.25) is 37.3 Å². The summed E-state index contributed by atoms with van der Waals surface area (Å²) in [6, 6.07) is 0. The fraction of sp³-hybridized carbons (Fsp3) is 0.945. The number of rotatable bonds is 70. The molecular weight excluding hydrogens is 1210 g/mol. The van der Waals surface area contributed by atoms with Gasteiger partial charge in [0.1, 0.15) is 19.3 Å². The highest BCUT2D eigenvalue weighted by Crippen LogP contribution is 2.45. The van der Waals surface area contributed by atoms with Gasteiger partial charge in [-0.25, -0.2) is 9.13 Å².